The molecule has 2 N–H and O–H groups in total. The number of benzene rings is 2. The van der Waals surface area contributed by atoms with E-state index in [1.54, 1.807) is 36.1 Å². The van der Waals surface area contributed by atoms with Gasteiger partial charge < -0.3 is 5.73 Å². The van der Waals surface area contributed by atoms with Crippen molar-refractivity contribution in [1.29, 1.82) is 0 Å². The van der Waals surface area contributed by atoms with Crippen molar-refractivity contribution < 1.29 is 9.59 Å². The number of nitrogens with two attached hydrogens (primary N) is 1. The van der Waals surface area contributed by atoms with E-state index in [9.17, 15) is 9.59 Å². The molecule has 2 aromatic carbocycles. The Bertz CT molecular complexity index is 1380. The number of nitrogens with zero attached hydrogens (tertiary/aromatic N) is 5. The second kappa shape index (κ2) is 8.12. The van der Waals surface area contributed by atoms with Gasteiger partial charge in [-0.1, -0.05) is 23.7 Å². The van der Waals surface area contributed by atoms with Crippen LogP contribution < -0.4 is 5.73 Å². The first-order valence-electron chi connectivity index (χ1n) is 9.99. The lowest BCUT2D eigenvalue weighted by Gasteiger charge is -2.31. The third-order valence-electron chi connectivity index (χ3n) is 5.54. The van der Waals surface area contributed by atoms with Crippen LogP contribution >= 0.6 is 11.6 Å². The Morgan fingerprint density at radius 1 is 1.16 bits per heavy atom. The van der Waals surface area contributed by atoms with Gasteiger partial charge in [-0.25, -0.2) is 9.99 Å². The van der Waals surface area contributed by atoms with Gasteiger partial charge in [-0.15, -0.1) is 0 Å². The molecule has 0 bridgehead atoms. The number of carbonyl (C=O) groups is 2. The summed E-state index contributed by atoms with van der Waals surface area (Å²) in [6, 6.07) is 10.8. The number of nitrogen functional groups attached to an aromatic ring is 1. The van der Waals surface area contributed by atoms with Crippen molar-refractivity contribution in [2.24, 2.45) is 7.05 Å². The van der Waals surface area contributed by atoms with Crippen LogP contribution in [0, 0.1) is 6.92 Å². The maximum Gasteiger partial charge on any atom is 0.272 e. The molecule has 9 heteroatoms. The monoisotopic (exact) mass is 450 g/mol. The van der Waals surface area contributed by atoms with Gasteiger partial charge in [-0.2, -0.15) is 5.10 Å². The molecular weight excluding hydrogens is 428 g/mol. The highest BCUT2D eigenvalue weighted by molar-refractivity contribution is 6.31. The van der Waals surface area contributed by atoms with Crippen LogP contribution in [0.3, 0.4) is 0 Å². The van der Waals surface area contributed by atoms with Gasteiger partial charge >= 0.3 is 0 Å². The topological polar surface area (TPSA) is 97.3 Å². The van der Waals surface area contributed by atoms with E-state index in [1.165, 1.54) is 16.9 Å². The van der Waals surface area contributed by atoms with Gasteiger partial charge in [0.1, 0.15) is 5.82 Å². The quantitative estimate of drug-likeness (QED) is 0.480. The molecule has 2 amide bonds. The molecule has 0 aliphatic carbocycles. The zero-order chi connectivity index (χ0) is 23.2. The highest BCUT2D eigenvalue weighted by Gasteiger charge is 2.24. The lowest BCUT2D eigenvalue weighted by atomic mass is 10.1. The van der Waals surface area contributed by atoms with E-state index in [2.05, 4.69) is 10.1 Å². The second-order valence-electron chi connectivity index (χ2n) is 7.76. The minimum atomic E-state index is -0.339. The van der Waals surface area contributed by atoms with Crippen LogP contribution in [0.15, 0.2) is 42.6 Å². The number of carbonyl (C=O) groups excluding carboxylic acids is 2. The molecule has 0 saturated carbocycles. The summed E-state index contributed by atoms with van der Waals surface area (Å²) in [6.07, 6.45) is 1.65. The van der Waals surface area contributed by atoms with E-state index in [0.29, 0.717) is 27.3 Å². The number of pyridine rings is 1. The van der Waals surface area contributed by atoms with Gasteiger partial charge in [-0.3, -0.25) is 19.3 Å². The van der Waals surface area contributed by atoms with Crippen LogP contribution in [0.1, 0.15) is 28.4 Å². The molecule has 0 aliphatic heterocycles. The average molecular weight is 451 g/mol. The Morgan fingerprint density at radius 3 is 2.59 bits per heavy atom. The SMILES string of the molecule is CC(=O)N(C)N(Cc1ccc(C)cc1Cl)C(=O)c1ccc2nc(N)c3cnn(C)c3c2c1. The highest BCUT2D eigenvalue weighted by atomic mass is 35.5. The highest BCUT2D eigenvalue weighted by Crippen LogP contribution is 2.29. The number of hydrazine groups is 1. The van der Waals surface area contributed by atoms with Gasteiger partial charge in [0.05, 0.1) is 29.2 Å². The van der Waals surface area contributed by atoms with Gasteiger partial charge in [0.25, 0.3) is 5.91 Å². The predicted octanol–water partition coefficient (Wildman–Crippen LogP) is 3.70. The first-order chi connectivity index (χ1) is 15.2. The van der Waals surface area contributed by atoms with Crippen molar-refractivity contribution in [3.8, 4) is 0 Å². The minimum Gasteiger partial charge on any atom is -0.383 e. The van der Waals surface area contributed by atoms with Gasteiger partial charge in [0.15, 0.2) is 0 Å². The number of hydrogen-bond acceptors (Lipinski definition) is 5. The molecule has 32 heavy (non-hydrogen) atoms. The summed E-state index contributed by atoms with van der Waals surface area (Å²) in [4.78, 5) is 30.1. The molecule has 0 atom stereocenters. The molecule has 4 rings (SSSR count). The number of anilines is 1. The van der Waals surface area contributed by atoms with Crippen LogP contribution in [-0.4, -0.2) is 43.6 Å². The fraction of sp³-hybridized carbons (Fsp3) is 0.217. The minimum absolute atomic E-state index is 0.146. The van der Waals surface area contributed by atoms with E-state index in [-0.39, 0.29) is 18.4 Å². The maximum absolute atomic E-state index is 13.6. The summed E-state index contributed by atoms with van der Waals surface area (Å²) in [5, 5.41) is 8.95. The molecule has 2 aromatic heterocycles. The van der Waals surface area contributed by atoms with Crippen molar-refractivity contribution in [2.75, 3.05) is 12.8 Å². The molecule has 0 unspecified atom stereocenters. The molecular formula is C23H23ClN6O2. The lowest BCUT2D eigenvalue weighted by molar-refractivity contribution is -0.140. The Labute approximate surface area is 190 Å². The average Bonchev–Trinajstić information content (AvgIpc) is 3.14. The van der Waals surface area contributed by atoms with Crippen molar-refractivity contribution in [2.45, 2.75) is 20.4 Å². The smallest absolute Gasteiger partial charge is 0.272 e. The third kappa shape index (κ3) is 3.73. The van der Waals surface area contributed by atoms with Crippen LogP contribution in [0.25, 0.3) is 21.8 Å². The van der Waals surface area contributed by atoms with Gasteiger partial charge in [0.2, 0.25) is 5.91 Å². The van der Waals surface area contributed by atoms with E-state index in [4.69, 9.17) is 17.3 Å². The Hall–Kier alpha value is -3.65. The van der Waals surface area contributed by atoms with Crippen molar-refractivity contribution in [3.05, 3.63) is 64.3 Å². The Kier molecular flexibility index (Phi) is 5.48. The van der Waals surface area contributed by atoms with Crippen molar-refractivity contribution >= 4 is 51.0 Å². The van der Waals surface area contributed by atoms with Gasteiger partial charge in [0, 0.05) is 37.0 Å². The van der Waals surface area contributed by atoms with E-state index in [0.717, 1.165) is 22.0 Å². The molecule has 2 heterocycles. The summed E-state index contributed by atoms with van der Waals surface area (Å²) in [6.45, 7) is 3.49. The summed E-state index contributed by atoms with van der Waals surface area (Å²) in [7, 11) is 3.37. The third-order valence-corrected chi connectivity index (χ3v) is 5.89. The van der Waals surface area contributed by atoms with Crippen LogP contribution in [0.2, 0.25) is 5.02 Å². The fourth-order valence-corrected chi connectivity index (χ4v) is 3.96. The molecule has 0 spiro atoms. The number of halogens is 1. The summed E-state index contributed by atoms with van der Waals surface area (Å²) in [5.74, 6) is -0.231. The number of rotatable bonds is 3. The number of aromatic nitrogens is 3. The standard InChI is InChI=1S/C23H23ClN6O2/c1-13-5-6-16(19(24)9-13)12-30(29(4)14(2)31)23(32)15-7-8-20-17(10-15)21-18(22(25)27-20)11-26-28(21)3/h5-11H,12H2,1-4H3,(H2,25,27). The number of aryl methyl sites for hydroxylation is 2. The zero-order valence-corrected chi connectivity index (χ0v) is 19.0. The lowest BCUT2D eigenvalue weighted by Crippen LogP contribution is -2.46. The number of amides is 2. The molecule has 4 aromatic rings. The molecule has 0 fully saturated rings. The Balaban J connectivity index is 1.81. The molecule has 0 saturated heterocycles. The number of hydrogen-bond donors (Lipinski definition) is 1. The van der Waals surface area contributed by atoms with E-state index in [1.807, 2.05) is 32.2 Å². The van der Waals surface area contributed by atoms with E-state index >= 15 is 0 Å². The molecule has 8 nitrogen and oxygen atoms in total. The molecule has 164 valence electrons. The van der Waals surface area contributed by atoms with Crippen LogP contribution in [0.5, 0.6) is 0 Å². The van der Waals surface area contributed by atoms with Crippen molar-refractivity contribution in [1.82, 2.24) is 24.8 Å². The molecule has 0 radical (unpaired) electrons. The fourth-order valence-electron chi connectivity index (χ4n) is 3.67. The molecule has 0 aliphatic rings. The first-order valence-corrected chi connectivity index (χ1v) is 10.4. The largest absolute Gasteiger partial charge is 0.383 e. The maximum atomic E-state index is 13.6. The van der Waals surface area contributed by atoms with E-state index < -0.39 is 0 Å². The summed E-state index contributed by atoms with van der Waals surface area (Å²) in [5.41, 5.74) is 9.67. The normalized spacial score (nSPS) is 11.2. The summed E-state index contributed by atoms with van der Waals surface area (Å²) < 4.78 is 1.70. The van der Waals surface area contributed by atoms with Crippen molar-refractivity contribution in [3.63, 3.8) is 0 Å². The van der Waals surface area contributed by atoms with Crippen LogP contribution in [-0.2, 0) is 18.4 Å². The zero-order valence-electron chi connectivity index (χ0n) is 18.3. The first kappa shape index (κ1) is 21.6. The number of fused-ring (bicyclic) bond motifs is 3. The predicted molar refractivity (Wildman–Crippen MR) is 125 cm³/mol. The summed E-state index contributed by atoms with van der Waals surface area (Å²) >= 11 is 6.40. The Morgan fingerprint density at radius 2 is 1.91 bits per heavy atom. The van der Waals surface area contributed by atoms with Crippen LogP contribution in [0.4, 0.5) is 5.82 Å². The van der Waals surface area contributed by atoms with Gasteiger partial charge in [-0.05, 0) is 42.3 Å². The second-order valence-corrected chi connectivity index (χ2v) is 8.17.